The molecule has 2 N–H and O–H groups in total. The van der Waals surface area contributed by atoms with Crippen LogP contribution in [0.4, 0.5) is 0 Å². The summed E-state index contributed by atoms with van der Waals surface area (Å²) in [6.45, 7) is 2.93. The van der Waals surface area contributed by atoms with E-state index in [4.69, 9.17) is 5.73 Å². The Balaban J connectivity index is 1.95. The summed E-state index contributed by atoms with van der Waals surface area (Å²) in [4.78, 5) is 4.49. The van der Waals surface area contributed by atoms with Gasteiger partial charge in [-0.25, -0.2) is 4.98 Å². The molecular weight excluding hydrogens is 198 g/mol. The van der Waals surface area contributed by atoms with Gasteiger partial charge >= 0.3 is 0 Å². The Morgan fingerprint density at radius 3 is 2.88 bits per heavy atom. The highest BCUT2D eigenvalue weighted by Gasteiger charge is 2.15. The summed E-state index contributed by atoms with van der Waals surface area (Å²) >= 11 is 0. The minimum absolute atomic E-state index is 0.537. The fourth-order valence-electron chi connectivity index (χ4n) is 2.50. The van der Waals surface area contributed by atoms with Gasteiger partial charge in [0.2, 0.25) is 0 Å². The average Bonchev–Trinajstić information content (AvgIpc) is 2.78. The van der Waals surface area contributed by atoms with E-state index in [2.05, 4.69) is 22.7 Å². The maximum atomic E-state index is 5.63. The lowest BCUT2D eigenvalue weighted by atomic mass is 9.95. The standard InChI is InChI=1S/C13H23N3/c1-11(8-14)7-12-9-16(10-15-12)13-5-3-2-4-6-13/h9-11,13H,2-8,14H2,1H3. The average molecular weight is 221 g/mol. The molecule has 1 aromatic heterocycles. The quantitative estimate of drug-likeness (QED) is 0.849. The van der Waals surface area contributed by atoms with Gasteiger partial charge < -0.3 is 10.3 Å². The SMILES string of the molecule is CC(CN)Cc1cn(C2CCCCC2)cn1. The lowest BCUT2D eigenvalue weighted by Crippen LogP contribution is -2.13. The van der Waals surface area contributed by atoms with E-state index in [0.717, 1.165) is 13.0 Å². The molecule has 1 saturated carbocycles. The third-order valence-electron chi connectivity index (χ3n) is 3.61. The van der Waals surface area contributed by atoms with Crippen LogP contribution in [0.3, 0.4) is 0 Å². The fraction of sp³-hybridized carbons (Fsp3) is 0.769. The maximum Gasteiger partial charge on any atom is 0.0951 e. The number of hydrogen-bond donors (Lipinski definition) is 1. The Hall–Kier alpha value is -0.830. The van der Waals surface area contributed by atoms with E-state index in [-0.39, 0.29) is 0 Å². The maximum absolute atomic E-state index is 5.63. The molecule has 0 amide bonds. The summed E-state index contributed by atoms with van der Waals surface area (Å²) in [5.74, 6) is 0.537. The van der Waals surface area contributed by atoms with Crippen LogP contribution in [0.25, 0.3) is 0 Å². The summed E-state index contributed by atoms with van der Waals surface area (Å²) in [5, 5.41) is 0. The summed E-state index contributed by atoms with van der Waals surface area (Å²) in [5.41, 5.74) is 6.83. The smallest absolute Gasteiger partial charge is 0.0951 e. The number of nitrogens with zero attached hydrogens (tertiary/aromatic N) is 2. The van der Waals surface area contributed by atoms with Crippen LogP contribution in [0.5, 0.6) is 0 Å². The molecule has 3 heteroatoms. The molecule has 1 atom stereocenters. The van der Waals surface area contributed by atoms with Crippen molar-refractivity contribution in [2.75, 3.05) is 6.54 Å². The largest absolute Gasteiger partial charge is 0.334 e. The van der Waals surface area contributed by atoms with Gasteiger partial charge in [0, 0.05) is 12.2 Å². The van der Waals surface area contributed by atoms with Crippen LogP contribution in [-0.4, -0.2) is 16.1 Å². The van der Waals surface area contributed by atoms with Gasteiger partial charge in [0.15, 0.2) is 0 Å². The number of imidazole rings is 1. The molecule has 0 bridgehead atoms. The molecule has 0 spiro atoms. The molecule has 0 aliphatic heterocycles. The Kier molecular flexibility index (Phi) is 3.99. The van der Waals surface area contributed by atoms with Crippen LogP contribution in [0.1, 0.15) is 50.8 Å². The third kappa shape index (κ3) is 2.85. The second kappa shape index (κ2) is 5.48. The van der Waals surface area contributed by atoms with Gasteiger partial charge in [-0.2, -0.15) is 0 Å². The molecule has 0 saturated heterocycles. The first-order valence-corrected chi connectivity index (χ1v) is 6.52. The zero-order chi connectivity index (χ0) is 11.4. The Bertz CT molecular complexity index is 313. The minimum Gasteiger partial charge on any atom is -0.334 e. The van der Waals surface area contributed by atoms with Gasteiger partial charge in [0.05, 0.1) is 12.0 Å². The van der Waals surface area contributed by atoms with Gasteiger partial charge in [0.25, 0.3) is 0 Å². The molecule has 3 nitrogen and oxygen atoms in total. The second-order valence-corrected chi connectivity index (χ2v) is 5.15. The molecule has 16 heavy (non-hydrogen) atoms. The summed E-state index contributed by atoms with van der Waals surface area (Å²) < 4.78 is 2.32. The molecule has 0 radical (unpaired) electrons. The lowest BCUT2D eigenvalue weighted by molar-refractivity contribution is 0.353. The van der Waals surface area contributed by atoms with E-state index in [9.17, 15) is 0 Å². The lowest BCUT2D eigenvalue weighted by Gasteiger charge is -2.22. The Morgan fingerprint density at radius 1 is 1.44 bits per heavy atom. The molecule has 2 rings (SSSR count). The van der Waals surface area contributed by atoms with Crippen molar-refractivity contribution < 1.29 is 0 Å². The van der Waals surface area contributed by atoms with Gasteiger partial charge in [-0.1, -0.05) is 26.2 Å². The van der Waals surface area contributed by atoms with E-state index in [1.807, 2.05) is 6.33 Å². The highest BCUT2D eigenvalue weighted by Crippen LogP contribution is 2.28. The Labute approximate surface area is 98.1 Å². The molecule has 1 aromatic rings. The molecule has 1 heterocycles. The third-order valence-corrected chi connectivity index (χ3v) is 3.61. The first kappa shape index (κ1) is 11.6. The highest BCUT2D eigenvalue weighted by molar-refractivity contribution is 4.99. The van der Waals surface area contributed by atoms with Crippen LogP contribution in [0.15, 0.2) is 12.5 Å². The number of aromatic nitrogens is 2. The summed E-state index contributed by atoms with van der Waals surface area (Å²) in [6.07, 6.45) is 12.0. The van der Waals surface area contributed by atoms with Crippen molar-refractivity contribution in [3.05, 3.63) is 18.2 Å². The van der Waals surface area contributed by atoms with Crippen molar-refractivity contribution in [3.63, 3.8) is 0 Å². The first-order chi connectivity index (χ1) is 7.79. The van der Waals surface area contributed by atoms with Gasteiger partial charge in [-0.15, -0.1) is 0 Å². The molecule has 1 aliphatic carbocycles. The van der Waals surface area contributed by atoms with E-state index in [1.54, 1.807) is 0 Å². The van der Waals surface area contributed by atoms with Gasteiger partial charge in [-0.3, -0.25) is 0 Å². The first-order valence-electron chi connectivity index (χ1n) is 6.52. The fourth-order valence-corrected chi connectivity index (χ4v) is 2.50. The van der Waals surface area contributed by atoms with E-state index in [1.165, 1.54) is 37.8 Å². The molecule has 90 valence electrons. The van der Waals surface area contributed by atoms with Crippen LogP contribution in [-0.2, 0) is 6.42 Å². The second-order valence-electron chi connectivity index (χ2n) is 5.15. The van der Waals surface area contributed by atoms with E-state index >= 15 is 0 Å². The van der Waals surface area contributed by atoms with Crippen molar-refractivity contribution in [2.24, 2.45) is 11.7 Å². The van der Waals surface area contributed by atoms with Crippen molar-refractivity contribution in [3.8, 4) is 0 Å². The van der Waals surface area contributed by atoms with Crippen molar-refractivity contribution in [2.45, 2.75) is 51.5 Å². The van der Waals surface area contributed by atoms with Crippen LogP contribution in [0, 0.1) is 5.92 Å². The predicted molar refractivity (Wildman–Crippen MR) is 66.3 cm³/mol. The van der Waals surface area contributed by atoms with Crippen LogP contribution < -0.4 is 5.73 Å². The number of rotatable bonds is 4. The van der Waals surface area contributed by atoms with Crippen molar-refractivity contribution in [1.29, 1.82) is 0 Å². The molecule has 1 fully saturated rings. The normalized spacial score (nSPS) is 19.9. The molecule has 1 unspecified atom stereocenters. The van der Waals surface area contributed by atoms with Crippen LogP contribution in [0.2, 0.25) is 0 Å². The summed E-state index contributed by atoms with van der Waals surface area (Å²) in [7, 11) is 0. The minimum atomic E-state index is 0.537. The Morgan fingerprint density at radius 2 is 2.19 bits per heavy atom. The number of nitrogens with two attached hydrogens (primary N) is 1. The zero-order valence-electron chi connectivity index (χ0n) is 10.2. The van der Waals surface area contributed by atoms with Crippen LogP contribution >= 0.6 is 0 Å². The number of hydrogen-bond acceptors (Lipinski definition) is 2. The monoisotopic (exact) mass is 221 g/mol. The van der Waals surface area contributed by atoms with E-state index < -0.39 is 0 Å². The van der Waals surface area contributed by atoms with E-state index in [0.29, 0.717) is 12.0 Å². The summed E-state index contributed by atoms with van der Waals surface area (Å²) in [6, 6.07) is 0.697. The molecule has 0 aromatic carbocycles. The molecule has 1 aliphatic rings. The van der Waals surface area contributed by atoms with Gasteiger partial charge in [0.1, 0.15) is 0 Å². The van der Waals surface area contributed by atoms with Gasteiger partial charge in [-0.05, 0) is 31.7 Å². The predicted octanol–water partition coefficient (Wildman–Crippen LogP) is 2.53. The van der Waals surface area contributed by atoms with Crippen molar-refractivity contribution >= 4 is 0 Å². The van der Waals surface area contributed by atoms with Crippen molar-refractivity contribution in [1.82, 2.24) is 9.55 Å². The topological polar surface area (TPSA) is 43.8 Å². The highest BCUT2D eigenvalue weighted by atomic mass is 15.1. The zero-order valence-corrected chi connectivity index (χ0v) is 10.2. The molecular formula is C13H23N3.